The van der Waals surface area contributed by atoms with E-state index in [9.17, 15) is 19.5 Å². The van der Waals surface area contributed by atoms with Crippen LogP contribution in [-0.2, 0) is 30.3 Å². The highest BCUT2D eigenvalue weighted by molar-refractivity contribution is 5.83. The van der Waals surface area contributed by atoms with Gasteiger partial charge in [0.05, 0.1) is 6.61 Å². The predicted molar refractivity (Wildman–Crippen MR) is 175 cm³/mol. The molecule has 2 aliphatic rings. The Bertz CT molecular complexity index is 1070. The Labute approximate surface area is 271 Å². The van der Waals surface area contributed by atoms with Gasteiger partial charge in [-0.1, -0.05) is 122 Å². The molecule has 2 amide bonds. The lowest BCUT2D eigenvalue weighted by molar-refractivity contribution is -0.314. The lowest BCUT2D eigenvalue weighted by atomic mass is 9.72. The summed E-state index contributed by atoms with van der Waals surface area (Å²) in [6, 6.07) is 10.0. The Morgan fingerprint density at radius 3 is 2.16 bits per heavy atom. The van der Waals surface area contributed by atoms with E-state index >= 15 is 0 Å². The van der Waals surface area contributed by atoms with Crippen LogP contribution in [0.3, 0.4) is 0 Å². The molecule has 3 unspecified atom stereocenters. The van der Waals surface area contributed by atoms with Crippen molar-refractivity contribution in [2.75, 3.05) is 13.2 Å². The summed E-state index contributed by atoms with van der Waals surface area (Å²) in [5, 5.41) is 18.9. The number of hydrogen-bond acceptors (Lipinski definition) is 6. The molecule has 8 nitrogen and oxygen atoms in total. The van der Waals surface area contributed by atoms with Crippen molar-refractivity contribution < 1.29 is 29.0 Å². The monoisotopic (exact) mass is 627 g/mol. The third kappa shape index (κ3) is 11.4. The van der Waals surface area contributed by atoms with E-state index in [1.165, 1.54) is 38.5 Å². The number of carbonyl (C=O) groups excluding carboxylic acids is 3. The number of amides is 2. The summed E-state index contributed by atoms with van der Waals surface area (Å²) in [4.78, 5) is 40.2. The van der Waals surface area contributed by atoms with Gasteiger partial charge in [0.25, 0.3) is 0 Å². The molecule has 0 spiro atoms. The SMILES string of the molecule is CCCCCCCCCCC(Cc1ccccc1)C(=O)NC1(C(CNC(=O)C2OC(C)(C)OCC2(C)C)C(=O)[O-])CCCCC1. The van der Waals surface area contributed by atoms with Crippen LogP contribution in [0.2, 0.25) is 0 Å². The first kappa shape index (κ1) is 37.0. The van der Waals surface area contributed by atoms with E-state index in [2.05, 4.69) is 17.6 Å². The van der Waals surface area contributed by atoms with Crippen LogP contribution in [0.5, 0.6) is 0 Å². The molecule has 0 aromatic heterocycles. The lowest BCUT2D eigenvalue weighted by Crippen LogP contribution is -2.64. The summed E-state index contributed by atoms with van der Waals surface area (Å²) in [7, 11) is 0. The molecule has 254 valence electrons. The zero-order chi connectivity index (χ0) is 32.9. The third-order valence-corrected chi connectivity index (χ3v) is 9.79. The van der Waals surface area contributed by atoms with Crippen LogP contribution in [-0.4, -0.2) is 48.4 Å². The largest absolute Gasteiger partial charge is 0.550 e. The van der Waals surface area contributed by atoms with Crippen LogP contribution in [0, 0.1) is 17.3 Å². The average molecular weight is 628 g/mol. The molecule has 3 atom stereocenters. The predicted octanol–water partition coefficient (Wildman–Crippen LogP) is 5.86. The van der Waals surface area contributed by atoms with Crippen LogP contribution in [0.1, 0.15) is 130 Å². The highest BCUT2D eigenvalue weighted by Crippen LogP contribution is 2.37. The van der Waals surface area contributed by atoms with E-state index in [-0.39, 0.29) is 24.3 Å². The van der Waals surface area contributed by atoms with E-state index in [1.807, 2.05) is 44.2 Å². The minimum atomic E-state index is -1.26. The number of benzene rings is 1. The van der Waals surface area contributed by atoms with Crippen molar-refractivity contribution in [1.82, 2.24) is 10.6 Å². The highest BCUT2D eigenvalue weighted by atomic mass is 16.7. The number of carboxylic acid groups (broad SMARTS) is 1. The number of rotatable bonds is 18. The zero-order valence-electron chi connectivity index (χ0n) is 28.6. The zero-order valence-corrected chi connectivity index (χ0v) is 28.6. The van der Waals surface area contributed by atoms with Gasteiger partial charge in [0.15, 0.2) is 5.79 Å². The fourth-order valence-corrected chi connectivity index (χ4v) is 6.96. The van der Waals surface area contributed by atoms with Crippen molar-refractivity contribution in [3.8, 4) is 0 Å². The van der Waals surface area contributed by atoms with E-state index in [4.69, 9.17) is 9.47 Å². The molecular formula is C37H59N2O6-. The maximum absolute atomic E-state index is 14.1. The van der Waals surface area contributed by atoms with Gasteiger partial charge in [-0.15, -0.1) is 0 Å². The van der Waals surface area contributed by atoms with Gasteiger partial charge in [-0.3, -0.25) is 9.59 Å². The molecular weight excluding hydrogens is 568 g/mol. The van der Waals surface area contributed by atoms with Crippen LogP contribution >= 0.6 is 0 Å². The van der Waals surface area contributed by atoms with Crippen LogP contribution in [0.4, 0.5) is 0 Å². The van der Waals surface area contributed by atoms with Gasteiger partial charge in [0.1, 0.15) is 6.10 Å². The minimum absolute atomic E-state index is 0.100. The van der Waals surface area contributed by atoms with Crippen molar-refractivity contribution in [3.63, 3.8) is 0 Å². The second kappa shape index (κ2) is 17.5. The second-order valence-corrected chi connectivity index (χ2v) is 14.6. The van der Waals surface area contributed by atoms with Crippen LogP contribution in [0.15, 0.2) is 30.3 Å². The van der Waals surface area contributed by atoms with Gasteiger partial charge < -0.3 is 30.0 Å². The molecule has 0 radical (unpaired) electrons. The van der Waals surface area contributed by atoms with E-state index < -0.39 is 34.7 Å². The Hall–Kier alpha value is -2.45. The number of unbranched alkanes of at least 4 members (excludes halogenated alkanes) is 7. The van der Waals surface area contributed by atoms with Crippen molar-refractivity contribution in [1.29, 1.82) is 0 Å². The molecule has 3 rings (SSSR count). The Morgan fingerprint density at radius 1 is 0.911 bits per heavy atom. The number of ether oxygens (including phenoxy) is 2. The van der Waals surface area contributed by atoms with E-state index in [0.29, 0.717) is 25.9 Å². The van der Waals surface area contributed by atoms with Gasteiger partial charge in [0, 0.05) is 35.3 Å². The summed E-state index contributed by atoms with van der Waals surface area (Å²) in [5.41, 5.74) is -0.477. The summed E-state index contributed by atoms with van der Waals surface area (Å²) in [6.45, 7) is 9.74. The summed E-state index contributed by atoms with van der Waals surface area (Å²) < 4.78 is 11.7. The summed E-state index contributed by atoms with van der Waals surface area (Å²) >= 11 is 0. The first-order valence-electron chi connectivity index (χ1n) is 17.6. The topological polar surface area (TPSA) is 117 Å². The van der Waals surface area contributed by atoms with Crippen molar-refractivity contribution in [3.05, 3.63) is 35.9 Å². The lowest BCUT2D eigenvalue weighted by Gasteiger charge is -2.47. The molecule has 2 fully saturated rings. The number of hydrogen-bond donors (Lipinski definition) is 2. The first-order chi connectivity index (χ1) is 21.4. The normalized spacial score (nSPS) is 21.8. The molecule has 1 saturated carbocycles. The number of carboxylic acids is 1. The van der Waals surface area contributed by atoms with Gasteiger partial charge in [-0.05, 0) is 45.1 Å². The molecule has 1 aliphatic heterocycles. The molecule has 2 N–H and O–H groups in total. The fourth-order valence-electron chi connectivity index (χ4n) is 6.96. The van der Waals surface area contributed by atoms with Gasteiger partial charge in [-0.2, -0.15) is 0 Å². The maximum Gasteiger partial charge on any atom is 0.249 e. The summed E-state index contributed by atoms with van der Waals surface area (Å²) in [6.07, 6.45) is 13.8. The highest BCUT2D eigenvalue weighted by Gasteiger charge is 2.47. The Morgan fingerprint density at radius 2 is 1.53 bits per heavy atom. The van der Waals surface area contributed by atoms with Crippen molar-refractivity contribution in [2.24, 2.45) is 17.3 Å². The number of carbonyl (C=O) groups is 3. The number of aliphatic carboxylic acids is 1. The van der Waals surface area contributed by atoms with Crippen molar-refractivity contribution >= 4 is 17.8 Å². The molecule has 0 bridgehead atoms. The average Bonchev–Trinajstić information content (AvgIpc) is 3.00. The van der Waals surface area contributed by atoms with E-state index in [0.717, 1.165) is 44.1 Å². The van der Waals surface area contributed by atoms with Gasteiger partial charge in [-0.25, -0.2) is 0 Å². The molecule has 45 heavy (non-hydrogen) atoms. The Kier molecular flexibility index (Phi) is 14.4. The van der Waals surface area contributed by atoms with Crippen LogP contribution < -0.4 is 15.7 Å². The molecule has 1 saturated heterocycles. The molecule has 1 aromatic rings. The quantitative estimate of drug-likeness (QED) is 0.197. The summed E-state index contributed by atoms with van der Waals surface area (Å²) in [5.74, 6) is -3.99. The van der Waals surface area contributed by atoms with Gasteiger partial charge >= 0.3 is 0 Å². The molecule has 8 heteroatoms. The fraction of sp³-hybridized carbons (Fsp3) is 0.757. The minimum Gasteiger partial charge on any atom is -0.550 e. The molecule has 1 aromatic carbocycles. The smallest absolute Gasteiger partial charge is 0.249 e. The van der Waals surface area contributed by atoms with Gasteiger partial charge in [0.2, 0.25) is 11.8 Å². The molecule has 1 aliphatic carbocycles. The maximum atomic E-state index is 14.1. The van der Waals surface area contributed by atoms with Crippen molar-refractivity contribution in [2.45, 2.75) is 148 Å². The second-order valence-electron chi connectivity index (χ2n) is 14.6. The molecule has 1 heterocycles. The standard InChI is InChI=1S/C37H60N2O6/c1-6-7-8-9-10-11-12-17-22-29(25-28-20-15-13-16-21-28)32(40)39-37(23-18-14-19-24-37)30(34(42)43)26-38-33(41)31-35(2,3)27-44-36(4,5)45-31/h13,15-16,20-21,29-31H,6-12,14,17-19,22-27H2,1-5H3,(H,38,41)(H,39,40)(H,42,43)/p-1. The van der Waals surface area contributed by atoms with Crippen LogP contribution in [0.25, 0.3) is 0 Å². The first-order valence-corrected chi connectivity index (χ1v) is 17.6. The third-order valence-electron chi connectivity index (χ3n) is 9.79. The van der Waals surface area contributed by atoms with E-state index in [1.54, 1.807) is 13.8 Å². The Balaban J connectivity index is 1.72. The number of nitrogens with one attached hydrogen (secondary N) is 2.